The standard InChI is InChI=1S/C35H38FN5O5S/c1-3-45-24-46-32-7-5-4-6-29(32)35(40-22-34(23-40)20-39(21-34)27-14-16-38(2)17-15-27)30-18-25(19-37)8-13-31(30)41(33(35)42)47(43,44)28-11-9-26(36)10-12-28/h4-13,18,27H,3,14-17,20-24H2,1-2H3. The highest BCUT2D eigenvalue weighted by Gasteiger charge is 2.66. The van der Waals surface area contributed by atoms with Gasteiger partial charge in [0.15, 0.2) is 12.3 Å². The van der Waals surface area contributed by atoms with Crippen LogP contribution in [-0.2, 0) is 25.1 Å². The number of carbonyl (C=O) groups excluding carboxylic acids is 1. The number of piperidine rings is 1. The number of nitriles is 1. The lowest BCUT2D eigenvalue weighted by Crippen LogP contribution is -2.77. The van der Waals surface area contributed by atoms with Crippen molar-refractivity contribution in [3.05, 3.63) is 89.2 Å². The van der Waals surface area contributed by atoms with E-state index in [2.05, 4.69) is 22.9 Å². The van der Waals surface area contributed by atoms with Crippen LogP contribution in [0.3, 0.4) is 0 Å². The number of hydrogen-bond acceptors (Lipinski definition) is 9. The lowest BCUT2D eigenvalue weighted by molar-refractivity contribution is -0.170. The average Bonchev–Trinajstić information content (AvgIpc) is 3.29. The number of ether oxygens (including phenoxy) is 2. The molecule has 3 aromatic carbocycles. The number of sulfonamides is 1. The molecule has 3 saturated heterocycles. The summed E-state index contributed by atoms with van der Waals surface area (Å²) in [5.74, 6) is -0.905. The van der Waals surface area contributed by atoms with Crippen molar-refractivity contribution in [2.24, 2.45) is 5.41 Å². The topological polar surface area (TPSA) is 106 Å². The molecule has 4 aliphatic rings. The molecule has 4 heterocycles. The van der Waals surface area contributed by atoms with Crippen LogP contribution in [0.15, 0.2) is 71.6 Å². The third-order valence-electron chi connectivity index (χ3n) is 10.2. The first-order valence-corrected chi connectivity index (χ1v) is 17.4. The molecule has 1 atom stereocenters. The van der Waals surface area contributed by atoms with Crippen molar-refractivity contribution in [3.8, 4) is 11.8 Å². The van der Waals surface area contributed by atoms with Gasteiger partial charge in [-0.1, -0.05) is 18.2 Å². The molecule has 3 aromatic rings. The number of hydrogen-bond donors (Lipinski definition) is 0. The SMILES string of the molecule is CCOCOc1ccccc1C1(N2CC3(CN(C4CCN(C)CC4)C3)C2)C(=O)N(S(=O)(=O)c2ccc(F)cc2)c2ccc(C#N)cc21. The lowest BCUT2D eigenvalue weighted by Gasteiger charge is -2.65. The third-order valence-corrected chi connectivity index (χ3v) is 11.9. The van der Waals surface area contributed by atoms with Crippen LogP contribution in [0.4, 0.5) is 10.1 Å². The largest absolute Gasteiger partial charge is 0.467 e. The predicted octanol–water partition coefficient (Wildman–Crippen LogP) is 3.76. The Balaban J connectivity index is 1.33. The number of amides is 1. The number of fused-ring (bicyclic) bond motifs is 1. The molecule has 1 unspecified atom stereocenters. The lowest BCUT2D eigenvalue weighted by atomic mass is 9.67. The van der Waals surface area contributed by atoms with E-state index in [1.165, 1.54) is 12.1 Å². The first-order chi connectivity index (χ1) is 22.6. The van der Waals surface area contributed by atoms with Crippen LogP contribution >= 0.6 is 0 Å². The summed E-state index contributed by atoms with van der Waals surface area (Å²) in [5.41, 5.74) is -0.339. The van der Waals surface area contributed by atoms with Crippen LogP contribution in [0.5, 0.6) is 5.75 Å². The van der Waals surface area contributed by atoms with Crippen molar-refractivity contribution in [1.82, 2.24) is 14.7 Å². The number of rotatable bonds is 9. The second-order valence-electron chi connectivity index (χ2n) is 13.1. The van der Waals surface area contributed by atoms with Crippen molar-refractivity contribution >= 4 is 21.6 Å². The molecule has 47 heavy (non-hydrogen) atoms. The average molecular weight is 660 g/mol. The number of anilines is 1. The molecule has 7 rings (SSSR count). The smallest absolute Gasteiger partial charge is 0.271 e. The number of carbonyl (C=O) groups is 1. The first-order valence-electron chi connectivity index (χ1n) is 16.0. The molecule has 246 valence electrons. The van der Waals surface area contributed by atoms with E-state index < -0.39 is 27.3 Å². The summed E-state index contributed by atoms with van der Waals surface area (Å²) >= 11 is 0. The van der Waals surface area contributed by atoms with Gasteiger partial charge in [0, 0.05) is 55.4 Å². The van der Waals surface area contributed by atoms with Gasteiger partial charge in [0.05, 0.1) is 22.2 Å². The van der Waals surface area contributed by atoms with Crippen LogP contribution in [0.1, 0.15) is 36.5 Å². The normalized spacial score (nSPS) is 23.3. The van der Waals surface area contributed by atoms with Gasteiger partial charge in [-0.15, -0.1) is 0 Å². The fourth-order valence-electron chi connectivity index (χ4n) is 7.85. The third kappa shape index (κ3) is 5.12. The second kappa shape index (κ2) is 12.0. The molecular weight excluding hydrogens is 621 g/mol. The quantitative estimate of drug-likeness (QED) is 0.251. The Morgan fingerprint density at radius 1 is 0.979 bits per heavy atom. The summed E-state index contributed by atoms with van der Waals surface area (Å²) in [6.45, 7) is 7.30. The fourth-order valence-corrected chi connectivity index (χ4v) is 9.30. The van der Waals surface area contributed by atoms with E-state index in [4.69, 9.17) is 9.47 Å². The monoisotopic (exact) mass is 659 g/mol. The summed E-state index contributed by atoms with van der Waals surface area (Å²) < 4.78 is 54.8. The number of para-hydroxylation sites is 1. The van der Waals surface area contributed by atoms with Crippen molar-refractivity contribution in [3.63, 3.8) is 0 Å². The zero-order chi connectivity index (χ0) is 33.0. The minimum atomic E-state index is -4.49. The molecule has 0 N–H and O–H groups in total. The van der Waals surface area contributed by atoms with Crippen LogP contribution < -0.4 is 9.04 Å². The minimum absolute atomic E-state index is 0.0337. The van der Waals surface area contributed by atoms with E-state index in [0.29, 0.717) is 48.2 Å². The maximum atomic E-state index is 15.2. The van der Waals surface area contributed by atoms with Crippen molar-refractivity contribution in [1.29, 1.82) is 5.26 Å². The van der Waals surface area contributed by atoms with Gasteiger partial charge in [0.25, 0.3) is 15.9 Å². The Kier molecular flexibility index (Phi) is 8.09. The minimum Gasteiger partial charge on any atom is -0.467 e. The van der Waals surface area contributed by atoms with Gasteiger partial charge in [-0.3, -0.25) is 14.6 Å². The van der Waals surface area contributed by atoms with E-state index in [1.54, 1.807) is 30.3 Å². The molecular formula is C35H38FN5O5S. The zero-order valence-corrected chi connectivity index (χ0v) is 27.4. The van der Waals surface area contributed by atoms with Crippen molar-refractivity contribution in [2.75, 3.05) is 64.0 Å². The molecule has 0 radical (unpaired) electrons. The second-order valence-corrected chi connectivity index (χ2v) is 14.9. The maximum absolute atomic E-state index is 15.2. The summed E-state index contributed by atoms with van der Waals surface area (Å²) in [6.07, 6.45) is 2.26. The predicted molar refractivity (Wildman–Crippen MR) is 173 cm³/mol. The molecule has 4 aliphatic heterocycles. The molecule has 3 fully saturated rings. The van der Waals surface area contributed by atoms with E-state index in [1.807, 2.05) is 11.8 Å². The highest BCUT2D eigenvalue weighted by molar-refractivity contribution is 7.93. The highest BCUT2D eigenvalue weighted by atomic mass is 32.2. The summed E-state index contributed by atoms with van der Waals surface area (Å²) in [4.78, 5) is 21.9. The van der Waals surface area contributed by atoms with Gasteiger partial charge in [0.1, 0.15) is 11.6 Å². The Morgan fingerprint density at radius 3 is 2.36 bits per heavy atom. The van der Waals surface area contributed by atoms with Gasteiger partial charge in [-0.05, 0) is 88.4 Å². The van der Waals surface area contributed by atoms with Gasteiger partial charge in [0.2, 0.25) is 0 Å². The van der Waals surface area contributed by atoms with Crippen LogP contribution in [-0.4, -0.2) is 94.8 Å². The Morgan fingerprint density at radius 2 is 1.68 bits per heavy atom. The number of halogens is 1. The molecule has 0 aromatic heterocycles. The highest BCUT2D eigenvalue weighted by Crippen LogP contribution is 2.57. The van der Waals surface area contributed by atoms with Gasteiger partial charge >= 0.3 is 0 Å². The number of benzene rings is 3. The van der Waals surface area contributed by atoms with Crippen molar-refractivity contribution < 1.29 is 27.1 Å². The van der Waals surface area contributed by atoms with Crippen LogP contribution in [0.25, 0.3) is 0 Å². The molecule has 0 saturated carbocycles. The van der Waals surface area contributed by atoms with Crippen LogP contribution in [0, 0.1) is 22.6 Å². The zero-order valence-electron chi connectivity index (χ0n) is 26.6. The maximum Gasteiger partial charge on any atom is 0.271 e. The van der Waals surface area contributed by atoms with E-state index in [9.17, 15) is 18.1 Å². The summed E-state index contributed by atoms with van der Waals surface area (Å²) in [5, 5.41) is 9.95. The molecule has 10 nitrogen and oxygen atoms in total. The van der Waals surface area contributed by atoms with Gasteiger partial charge in [-0.25, -0.2) is 17.1 Å². The molecule has 1 amide bonds. The molecule has 0 aliphatic carbocycles. The Hall–Kier alpha value is -3.86. The summed E-state index contributed by atoms with van der Waals surface area (Å²) in [7, 11) is -2.33. The molecule has 12 heteroatoms. The van der Waals surface area contributed by atoms with E-state index in [0.717, 1.165) is 67.6 Å². The van der Waals surface area contributed by atoms with E-state index in [-0.39, 0.29) is 22.8 Å². The summed E-state index contributed by atoms with van der Waals surface area (Å²) in [6, 6.07) is 18.9. The fraction of sp³-hybridized carbons (Fsp3) is 0.429. The number of likely N-dealkylation sites (tertiary alicyclic amines) is 3. The van der Waals surface area contributed by atoms with Crippen LogP contribution in [0.2, 0.25) is 0 Å². The van der Waals surface area contributed by atoms with E-state index >= 15 is 4.79 Å². The molecule has 1 spiro atoms. The Bertz CT molecular complexity index is 1830. The Labute approximate surface area is 274 Å². The number of nitrogens with zero attached hydrogens (tertiary/aromatic N) is 5. The van der Waals surface area contributed by atoms with Gasteiger partial charge in [-0.2, -0.15) is 5.26 Å². The van der Waals surface area contributed by atoms with Gasteiger partial charge < -0.3 is 14.4 Å². The first kappa shape index (κ1) is 31.7. The molecule has 0 bridgehead atoms. The van der Waals surface area contributed by atoms with Crippen molar-refractivity contribution in [2.45, 2.75) is 36.2 Å².